The van der Waals surface area contributed by atoms with E-state index in [1.807, 2.05) is 6.92 Å². The number of carbonyl (C=O) groups is 2. The lowest BCUT2D eigenvalue weighted by Crippen LogP contribution is -2.35. The first-order valence-electron chi connectivity index (χ1n) is 8.09. The van der Waals surface area contributed by atoms with Crippen molar-refractivity contribution in [2.45, 2.75) is 70.4 Å². The molecule has 7 heteroatoms. The van der Waals surface area contributed by atoms with E-state index in [1.54, 1.807) is 0 Å². The Morgan fingerprint density at radius 3 is 2.55 bits per heavy atom. The van der Waals surface area contributed by atoms with Crippen LogP contribution in [0.2, 0.25) is 0 Å². The van der Waals surface area contributed by atoms with Gasteiger partial charge < -0.3 is 10.6 Å². The molecule has 2 rings (SSSR count). The molecule has 3 N–H and O–H groups in total. The van der Waals surface area contributed by atoms with Gasteiger partial charge in [0.05, 0.1) is 6.04 Å². The molecule has 1 heterocycles. The Morgan fingerprint density at radius 1 is 1.23 bits per heavy atom. The number of hydrogen-bond acceptors (Lipinski definition) is 4. The van der Waals surface area contributed by atoms with Crippen LogP contribution in [0.4, 0.5) is 0 Å². The maximum Gasteiger partial charge on any atom is 0.221 e. The van der Waals surface area contributed by atoms with Crippen molar-refractivity contribution in [3.63, 3.8) is 0 Å². The topological polar surface area (TPSA) is 99.8 Å². The quantitative estimate of drug-likeness (QED) is 0.695. The van der Waals surface area contributed by atoms with Gasteiger partial charge in [0.2, 0.25) is 11.8 Å². The van der Waals surface area contributed by atoms with Gasteiger partial charge >= 0.3 is 0 Å². The summed E-state index contributed by atoms with van der Waals surface area (Å²) in [6, 6.07) is 0.0473. The Balaban J connectivity index is 1.65. The van der Waals surface area contributed by atoms with Gasteiger partial charge in [0.25, 0.3) is 0 Å². The molecule has 7 nitrogen and oxygen atoms in total. The van der Waals surface area contributed by atoms with Crippen molar-refractivity contribution in [2.75, 3.05) is 0 Å². The average molecular weight is 307 g/mol. The molecular formula is C15H25N5O2. The molecule has 0 radical (unpaired) electrons. The first-order valence-corrected chi connectivity index (χ1v) is 8.09. The van der Waals surface area contributed by atoms with Crippen LogP contribution in [-0.2, 0) is 9.59 Å². The minimum Gasteiger partial charge on any atom is -0.353 e. The molecule has 1 saturated carbocycles. The third kappa shape index (κ3) is 5.46. The Morgan fingerprint density at radius 2 is 1.91 bits per heavy atom. The first-order chi connectivity index (χ1) is 10.6. The second kappa shape index (κ2) is 8.51. The summed E-state index contributed by atoms with van der Waals surface area (Å²) in [5.41, 5.74) is 0. The summed E-state index contributed by atoms with van der Waals surface area (Å²) in [6.45, 7) is 1.82. The summed E-state index contributed by atoms with van der Waals surface area (Å²) >= 11 is 0. The molecular weight excluding hydrogens is 282 g/mol. The zero-order chi connectivity index (χ0) is 15.8. The van der Waals surface area contributed by atoms with Crippen LogP contribution in [0.15, 0.2) is 6.33 Å². The number of nitrogens with zero attached hydrogens (tertiary/aromatic N) is 2. The van der Waals surface area contributed by atoms with Crippen molar-refractivity contribution in [3.8, 4) is 0 Å². The second-order valence-corrected chi connectivity index (χ2v) is 5.92. The monoisotopic (exact) mass is 307 g/mol. The predicted octanol–water partition coefficient (Wildman–Crippen LogP) is 1.60. The summed E-state index contributed by atoms with van der Waals surface area (Å²) in [4.78, 5) is 27.8. The standard InChI is InChI=1S/C15H25N5O2/c1-11(15-16-10-17-20-15)18-13(21)8-9-14(22)19-12-6-4-2-3-5-7-12/h10-12H,2-9H2,1H3,(H,18,21)(H,19,22)(H,16,17,20). The highest BCUT2D eigenvalue weighted by Gasteiger charge is 2.16. The first kappa shape index (κ1) is 16.5. The fourth-order valence-corrected chi connectivity index (χ4v) is 2.76. The van der Waals surface area contributed by atoms with Gasteiger partial charge in [0.15, 0.2) is 0 Å². The largest absolute Gasteiger partial charge is 0.353 e. The molecule has 1 aromatic heterocycles. The molecule has 1 atom stereocenters. The van der Waals surface area contributed by atoms with E-state index in [9.17, 15) is 9.59 Å². The molecule has 0 spiro atoms. The number of aromatic nitrogens is 3. The summed E-state index contributed by atoms with van der Waals surface area (Å²) < 4.78 is 0. The predicted molar refractivity (Wildman–Crippen MR) is 81.8 cm³/mol. The van der Waals surface area contributed by atoms with Crippen LogP contribution in [0.25, 0.3) is 0 Å². The number of H-pyrrole nitrogens is 1. The third-order valence-electron chi connectivity index (χ3n) is 4.02. The van der Waals surface area contributed by atoms with E-state index >= 15 is 0 Å². The molecule has 0 saturated heterocycles. The van der Waals surface area contributed by atoms with Gasteiger partial charge in [0, 0.05) is 18.9 Å². The molecule has 0 bridgehead atoms. The molecule has 1 aromatic rings. The number of nitrogens with one attached hydrogen (secondary N) is 3. The molecule has 0 aromatic carbocycles. The third-order valence-corrected chi connectivity index (χ3v) is 4.02. The summed E-state index contributed by atoms with van der Waals surface area (Å²) in [5.74, 6) is 0.422. The van der Waals surface area contributed by atoms with Crippen molar-refractivity contribution in [3.05, 3.63) is 12.2 Å². The minimum absolute atomic E-state index is 0.0330. The van der Waals surface area contributed by atoms with Gasteiger partial charge in [0.1, 0.15) is 12.2 Å². The Kier molecular flexibility index (Phi) is 6.36. The molecule has 1 aliphatic carbocycles. The smallest absolute Gasteiger partial charge is 0.221 e. The normalized spacial score (nSPS) is 17.5. The maximum atomic E-state index is 11.9. The molecule has 1 fully saturated rings. The summed E-state index contributed by atoms with van der Waals surface area (Å²) in [6.07, 6.45) is 8.81. The highest BCUT2D eigenvalue weighted by atomic mass is 16.2. The van der Waals surface area contributed by atoms with Crippen molar-refractivity contribution in [1.29, 1.82) is 0 Å². The number of hydrogen-bond donors (Lipinski definition) is 3. The highest BCUT2D eigenvalue weighted by Crippen LogP contribution is 2.17. The van der Waals surface area contributed by atoms with Crippen LogP contribution < -0.4 is 10.6 Å². The maximum absolute atomic E-state index is 11.9. The fourth-order valence-electron chi connectivity index (χ4n) is 2.76. The van der Waals surface area contributed by atoms with Crippen molar-refractivity contribution >= 4 is 11.8 Å². The van der Waals surface area contributed by atoms with Crippen LogP contribution >= 0.6 is 0 Å². The summed E-state index contributed by atoms with van der Waals surface area (Å²) in [5, 5.41) is 12.3. The lowest BCUT2D eigenvalue weighted by Gasteiger charge is -2.16. The Labute approximate surface area is 130 Å². The number of amides is 2. The van der Waals surface area contributed by atoms with E-state index in [0.717, 1.165) is 12.8 Å². The van der Waals surface area contributed by atoms with Crippen LogP contribution in [0, 0.1) is 0 Å². The zero-order valence-electron chi connectivity index (χ0n) is 13.1. The number of aromatic amines is 1. The summed E-state index contributed by atoms with van der Waals surface area (Å²) in [7, 11) is 0. The Hall–Kier alpha value is -1.92. The number of carbonyl (C=O) groups excluding carboxylic acids is 2. The second-order valence-electron chi connectivity index (χ2n) is 5.92. The lowest BCUT2D eigenvalue weighted by molar-refractivity contribution is -0.127. The molecule has 22 heavy (non-hydrogen) atoms. The minimum atomic E-state index is -0.236. The van der Waals surface area contributed by atoms with E-state index in [2.05, 4.69) is 25.8 Å². The van der Waals surface area contributed by atoms with E-state index < -0.39 is 0 Å². The Bertz CT molecular complexity index is 466. The SMILES string of the molecule is CC(NC(=O)CCC(=O)NC1CCCCCC1)c1ncn[nH]1. The molecule has 1 unspecified atom stereocenters. The van der Waals surface area contributed by atoms with Crippen molar-refractivity contribution in [2.24, 2.45) is 0 Å². The van der Waals surface area contributed by atoms with Crippen LogP contribution in [-0.4, -0.2) is 33.0 Å². The van der Waals surface area contributed by atoms with E-state index in [4.69, 9.17) is 0 Å². The van der Waals surface area contributed by atoms with Crippen molar-refractivity contribution in [1.82, 2.24) is 25.8 Å². The van der Waals surface area contributed by atoms with E-state index in [1.165, 1.54) is 32.0 Å². The van der Waals surface area contributed by atoms with E-state index in [0.29, 0.717) is 5.82 Å². The lowest BCUT2D eigenvalue weighted by atomic mass is 10.1. The zero-order valence-corrected chi connectivity index (χ0v) is 13.1. The molecule has 2 amide bonds. The van der Waals surface area contributed by atoms with Gasteiger partial charge in [-0.2, -0.15) is 5.10 Å². The van der Waals surface area contributed by atoms with Crippen molar-refractivity contribution < 1.29 is 9.59 Å². The van der Waals surface area contributed by atoms with Gasteiger partial charge in [-0.3, -0.25) is 14.7 Å². The van der Waals surface area contributed by atoms with E-state index in [-0.39, 0.29) is 36.7 Å². The fraction of sp³-hybridized carbons (Fsp3) is 0.733. The van der Waals surface area contributed by atoms with Gasteiger partial charge in [-0.05, 0) is 19.8 Å². The number of rotatable bonds is 6. The highest BCUT2D eigenvalue weighted by molar-refractivity contribution is 5.83. The molecule has 122 valence electrons. The molecule has 0 aliphatic heterocycles. The molecule has 1 aliphatic rings. The van der Waals surface area contributed by atoms with Gasteiger partial charge in [-0.1, -0.05) is 25.7 Å². The van der Waals surface area contributed by atoms with Gasteiger partial charge in [-0.15, -0.1) is 0 Å². The van der Waals surface area contributed by atoms with Crippen LogP contribution in [0.1, 0.15) is 70.2 Å². The van der Waals surface area contributed by atoms with Gasteiger partial charge in [-0.25, -0.2) is 4.98 Å². The van der Waals surface area contributed by atoms with Crippen LogP contribution in [0.5, 0.6) is 0 Å². The van der Waals surface area contributed by atoms with Crippen LogP contribution in [0.3, 0.4) is 0 Å². The average Bonchev–Trinajstić information content (AvgIpc) is 2.92.